The van der Waals surface area contributed by atoms with Crippen LogP contribution in [0.5, 0.6) is 0 Å². The summed E-state index contributed by atoms with van der Waals surface area (Å²) >= 11 is 1.24. The standard InChI is InChI=1S/C88H150N26O24S/c1-11-49(8)69(83(135)111-63(44-51-21-13-12-14-22-51)72(124)100-45-65(116)101-53(24-17-36-97-86(91)92)73(125)107-59(85(137)138)23-15-16-35-89)112-80(132)62(43-48(6)7)110-75(127)55(26-19-38-99-88(95)96)103-79(131)60(41-46(2)3)109-78(130)58(34-40-139-10)105-74(126)54(25-18-37-98-87(93)94)102-76(128)56(29-32-67(119)120)104-77(129)57(30-33-68(121)122)106-82(134)64-27-20-39-114(64)84(136)70(50(9)115)113-81(133)61(42-47(4)5)108-71(123)52(90)28-31-66(117)118/h12-14,21-22,46-50,52-64,69-70,115H,11,15-20,23-45,89-90H2,1-10H3,(H,100,124)(H,101,116)(H,102,128)(H,103,131)(H,104,129)(H,105,126)(H,106,134)(H,107,125)(H,108,123)(H,109,130)(H,110,127)(H,111,135)(H,112,132)(H,113,133)(H,117,118)(H,119,120)(H,121,122)(H,137,138)(H4,91,92,97)(H4,93,94,98)(H4,95,96,99)/t49-,50+,52-,53-,54-,55-,56-,57-,58-,59-,60-,61-,62-,63-,64-,69-,70-/m0/s1. The van der Waals surface area contributed by atoms with Crippen LogP contribution in [-0.2, 0) is 97.5 Å². The molecule has 1 heterocycles. The molecule has 2 rings (SSSR count). The van der Waals surface area contributed by atoms with Gasteiger partial charge in [-0.15, -0.1) is 0 Å². The van der Waals surface area contributed by atoms with Crippen molar-refractivity contribution < 1.29 is 117 Å². The van der Waals surface area contributed by atoms with Gasteiger partial charge in [0.15, 0.2) is 17.9 Å². The van der Waals surface area contributed by atoms with Gasteiger partial charge in [0.25, 0.3) is 0 Å². The number of nitrogens with zero attached hydrogens (tertiary/aromatic N) is 1. The SMILES string of the molecule is CC[C@H](C)[C@H](NC(=O)[C@H](CC(C)C)NC(=O)[C@H](CCCNC(=N)N)NC(=O)[C@H](CC(C)C)NC(=O)[C@H](CCSC)NC(=O)[C@H](CCCNC(=N)N)NC(=O)[C@H](CCC(=O)O)NC(=O)[C@H](CCC(=O)O)NC(=O)[C@@H]1CCCN1C(=O)[C@@H](NC(=O)[C@H](CC(C)C)NC(=O)[C@@H](N)CCC(=O)O)[C@@H](C)O)C(=O)N[C@@H](Cc1ccccc1)C(=O)NCC(=O)N[C@@H](CCCNC(=N)N)C(=O)N[C@@H](CCCCN)C(=O)O. The lowest BCUT2D eigenvalue weighted by molar-refractivity contribution is -0.145. The van der Waals surface area contributed by atoms with E-state index >= 15 is 0 Å². The summed E-state index contributed by atoms with van der Waals surface area (Å²) in [6, 6.07) is -14.4. The largest absolute Gasteiger partial charge is 0.481 e. The summed E-state index contributed by atoms with van der Waals surface area (Å²) in [6.45, 7) is 14.3. The lowest BCUT2D eigenvalue weighted by Crippen LogP contribution is -2.61. The number of carbonyl (C=O) groups excluding carboxylic acids is 15. The van der Waals surface area contributed by atoms with E-state index in [1.54, 1.807) is 92.0 Å². The lowest BCUT2D eigenvalue weighted by atomic mass is 9.95. The molecule has 0 saturated carbocycles. The molecule has 0 unspecified atom stereocenters. The van der Waals surface area contributed by atoms with E-state index in [-0.39, 0.29) is 165 Å². The van der Waals surface area contributed by atoms with E-state index in [0.29, 0.717) is 18.4 Å². The van der Waals surface area contributed by atoms with Crippen molar-refractivity contribution in [2.24, 2.45) is 52.3 Å². The first kappa shape index (κ1) is 122. The van der Waals surface area contributed by atoms with Crippen molar-refractivity contribution in [1.29, 1.82) is 16.2 Å². The van der Waals surface area contributed by atoms with E-state index in [1.165, 1.54) is 11.8 Å². The number of carboxylic acid groups (broad SMARTS) is 4. The summed E-state index contributed by atoms with van der Waals surface area (Å²) in [5.74, 6) is -22.9. The number of aliphatic hydroxyl groups excluding tert-OH is 1. The number of likely N-dealkylation sites (tertiary alicyclic amines) is 1. The highest BCUT2D eigenvalue weighted by Crippen LogP contribution is 2.23. The number of benzene rings is 1. The van der Waals surface area contributed by atoms with E-state index < -0.39 is 266 Å². The van der Waals surface area contributed by atoms with Crippen molar-refractivity contribution in [3.05, 3.63) is 35.9 Å². The lowest BCUT2D eigenvalue weighted by Gasteiger charge is -2.32. The zero-order valence-electron chi connectivity index (χ0n) is 80.9. The minimum Gasteiger partial charge on any atom is -0.481 e. The van der Waals surface area contributed by atoms with Crippen LogP contribution in [0.4, 0.5) is 0 Å². The van der Waals surface area contributed by atoms with Gasteiger partial charge in [-0.2, -0.15) is 11.8 Å². The molecule has 1 saturated heterocycles. The van der Waals surface area contributed by atoms with E-state index in [4.69, 9.17) is 50.0 Å². The number of hydrogen-bond acceptors (Lipinski definition) is 26. The summed E-state index contributed by atoms with van der Waals surface area (Å²) in [4.78, 5) is 265. The Hall–Kier alpha value is -12.8. The van der Waals surface area contributed by atoms with Crippen LogP contribution in [0, 0.1) is 39.9 Å². The molecule has 35 N–H and O–H groups in total. The highest BCUT2D eigenvalue weighted by Gasteiger charge is 2.44. The number of amides is 15. The summed E-state index contributed by atoms with van der Waals surface area (Å²) < 4.78 is 0. The van der Waals surface area contributed by atoms with Gasteiger partial charge in [-0.25, -0.2) is 4.79 Å². The number of carboxylic acids is 4. The maximum Gasteiger partial charge on any atom is 0.326 e. The Kier molecular flexibility index (Phi) is 57.3. The first-order valence-corrected chi connectivity index (χ1v) is 48.1. The molecule has 0 aliphatic carbocycles. The zero-order chi connectivity index (χ0) is 105. The number of thioether (sulfide) groups is 1. The molecule has 0 radical (unpaired) electrons. The van der Waals surface area contributed by atoms with Crippen molar-refractivity contribution in [2.45, 2.75) is 307 Å². The van der Waals surface area contributed by atoms with Crippen molar-refractivity contribution in [2.75, 3.05) is 51.3 Å². The number of carbonyl (C=O) groups is 19. The quantitative estimate of drug-likeness (QED) is 0.0165. The maximum atomic E-state index is 15.0. The van der Waals surface area contributed by atoms with E-state index in [2.05, 4.69) is 90.4 Å². The summed E-state index contributed by atoms with van der Waals surface area (Å²) in [6.07, 6.45) is -3.45. The molecule has 0 aromatic heterocycles. The number of guanidine groups is 3. The third-order valence-corrected chi connectivity index (χ3v) is 22.9. The number of unbranched alkanes of at least 4 members (excludes halogenated alkanes) is 1. The number of nitrogens with one attached hydrogen (secondary N) is 20. The first-order valence-electron chi connectivity index (χ1n) is 46.7. The molecule has 50 nitrogen and oxygen atoms in total. The molecular formula is C88H150N26O24S. The number of aliphatic hydroxyl groups is 1. The fourth-order valence-electron chi connectivity index (χ4n) is 14.6. The molecular weight excluding hydrogens is 1840 g/mol. The fraction of sp³-hybridized carbons (Fsp3) is 0.682. The van der Waals surface area contributed by atoms with Gasteiger partial charge in [-0.3, -0.25) is 103 Å². The third-order valence-electron chi connectivity index (χ3n) is 22.3. The second kappa shape index (κ2) is 65.1. The van der Waals surface area contributed by atoms with E-state index in [1.807, 2.05) is 0 Å². The predicted octanol–water partition coefficient (Wildman–Crippen LogP) is -5.12. The van der Waals surface area contributed by atoms with Gasteiger partial charge < -0.3 is 149 Å². The molecule has 17 atom stereocenters. The maximum absolute atomic E-state index is 15.0. The van der Waals surface area contributed by atoms with Gasteiger partial charge in [0.2, 0.25) is 88.6 Å². The molecule has 0 spiro atoms. The molecule has 139 heavy (non-hydrogen) atoms. The Morgan fingerprint density at radius 1 is 0.424 bits per heavy atom. The average molecular weight is 1990 g/mol. The Morgan fingerprint density at radius 2 is 0.791 bits per heavy atom. The van der Waals surface area contributed by atoms with Crippen molar-refractivity contribution in [3.8, 4) is 0 Å². The summed E-state index contributed by atoms with van der Waals surface area (Å²) in [5.41, 5.74) is 28.6. The number of nitrogens with two attached hydrogens (primary N) is 5. The zero-order valence-corrected chi connectivity index (χ0v) is 81.7. The van der Waals surface area contributed by atoms with Gasteiger partial charge in [0.1, 0.15) is 84.6 Å². The highest BCUT2D eigenvalue weighted by molar-refractivity contribution is 7.98. The van der Waals surface area contributed by atoms with Gasteiger partial charge in [-0.05, 0) is 170 Å². The minimum atomic E-state index is -1.90. The molecule has 15 amide bonds. The first-order chi connectivity index (χ1) is 65.4. The topological polar surface area (TPSA) is 835 Å². The smallest absolute Gasteiger partial charge is 0.326 e. The predicted molar refractivity (Wildman–Crippen MR) is 512 cm³/mol. The van der Waals surface area contributed by atoms with Gasteiger partial charge in [-0.1, -0.05) is 92.1 Å². The van der Waals surface area contributed by atoms with Crippen LogP contribution in [0.2, 0.25) is 0 Å². The fourth-order valence-corrected chi connectivity index (χ4v) is 15.1. The van der Waals surface area contributed by atoms with Crippen LogP contribution < -0.4 is 119 Å². The van der Waals surface area contributed by atoms with Crippen LogP contribution in [0.15, 0.2) is 30.3 Å². The van der Waals surface area contributed by atoms with Crippen LogP contribution >= 0.6 is 11.8 Å². The molecule has 1 fully saturated rings. The van der Waals surface area contributed by atoms with Crippen LogP contribution in [0.3, 0.4) is 0 Å². The summed E-state index contributed by atoms with van der Waals surface area (Å²) in [5, 5.41) is 116. The second-order valence-electron chi connectivity index (χ2n) is 35.6. The van der Waals surface area contributed by atoms with Gasteiger partial charge in [0, 0.05) is 51.9 Å². The molecule has 1 aliphatic rings. The monoisotopic (exact) mass is 1990 g/mol. The Bertz CT molecular complexity index is 4270. The molecule has 0 bridgehead atoms. The molecule has 1 aromatic rings. The Labute approximate surface area is 812 Å². The number of rotatable bonds is 69. The molecule has 51 heteroatoms. The van der Waals surface area contributed by atoms with Gasteiger partial charge >= 0.3 is 23.9 Å². The third kappa shape index (κ3) is 48.9. The molecule has 1 aromatic carbocycles. The second-order valence-corrected chi connectivity index (χ2v) is 36.6. The molecule has 782 valence electrons. The summed E-state index contributed by atoms with van der Waals surface area (Å²) in [7, 11) is 0. The van der Waals surface area contributed by atoms with Crippen LogP contribution in [0.25, 0.3) is 0 Å². The minimum absolute atomic E-state index is 0.00988. The number of aliphatic carboxylic acids is 4. The van der Waals surface area contributed by atoms with Crippen LogP contribution in [-0.4, -0.2) is 309 Å². The van der Waals surface area contributed by atoms with E-state index in [9.17, 15) is 112 Å². The van der Waals surface area contributed by atoms with Crippen LogP contribution in [0.1, 0.15) is 209 Å². The van der Waals surface area contributed by atoms with Gasteiger partial charge in [0.05, 0.1) is 18.7 Å². The average Bonchev–Trinajstić information content (AvgIpc) is 1.73. The van der Waals surface area contributed by atoms with E-state index in [0.717, 1.165) is 11.8 Å². The number of hydrogen-bond donors (Lipinski definition) is 30. The van der Waals surface area contributed by atoms with Crippen molar-refractivity contribution in [3.63, 3.8) is 0 Å². The molecule has 1 aliphatic heterocycles. The Morgan fingerprint density at radius 3 is 1.19 bits per heavy atom. The van der Waals surface area contributed by atoms with Crippen molar-refractivity contribution in [1.82, 2.24) is 95.3 Å². The Balaban J connectivity index is 2.63. The van der Waals surface area contributed by atoms with Crippen molar-refractivity contribution >= 4 is 142 Å². The normalized spacial score (nSPS) is 15.7. The highest BCUT2D eigenvalue weighted by atomic mass is 32.2.